The van der Waals surface area contributed by atoms with Crippen LogP contribution < -0.4 is 10.6 Å². The van der Waals surface area contributed by atoms with Crippen molar-refractivity contribution in [1.29, 1.82) is 0 Å². The van der Waals surface area contributed by atoms with Gasteiger partial charge in [0, 0.05) is 96.0 Å². The normalized spacial score (nSPS) is 26.1. The third kappa shape index (κ3) is 20.4. The maximum Gasteiger partial charge on any atom is 0.422 e. The zero-order chi connectivity index (χ0) is 81.2. The number of benzene rings is 2. The Balaban J connectivity index is 1.36. The van der Waals surface area contributed by atoms with E-state index >= 15 is 37.5 Å². The summed E-state index contributed by atoms with van der Waals surface area (Å²) in [6, 6.07) is -7.29. The van der Waals surface area contributed by atoms with Crippen molar-refractivity contribution in [3.8, 4) is 0 Å². The third-order valence-electron chi connectivity index (χ3n) is 22.3. The number of hydrogen-bond donors (Lipinski definition) is 2. The van der Waals surface area contributed by atoms with Gasteiger partial charge in [0.25, 0.3) is 0 Å². The van der Waals surface area contributed by atoms with Gasteiger partial charge in [0.1, 0.15) is 71.1 Å². The summed E-state index contributed by atoms with van der Waals surface area (Å²) in [4.78, 5) is 193. The SMILES string of the molecule is CCO[C@@H]1C[C@H]2C(=O)N(C)C3(CCC3)C(=O)N(C)[C@@H](C3CCCC3)C(=O)N(C)[C@H](C(=O)N(C)C)CC(=O)N(C)[C@@H](CC(C)C)C(=O)N[C@@H]([C@@H](C)CC)C(=O)N(C)CC(=O)N(C)[C@H]3C/C=C\CCN(C3=O)[C@@H](Cc3ccc(C(F)(F)F)cc3)C(=O)N(C)CC(=O)N[C@H](CCc3cc(F)c(C(F)(F)F)c(F)c3)C(=O)N2C1. The fourth-order valence-corrected chi connectivity index (χ4v) is 15.4. The summed E-state index contributed by atoms with van der Waals surface area (Å²) in [6.45, 7) is 6.54. The minimum absolute atomic E-state index is 0.0399. The van der Waals surface area contributed by atoms with E-state index in [2.05, 4.69) is 10.6 Å². The van der Waals surface area contributed by atoms with E-state index in [1.165, 1.54) is 71.1 Å². The second-order valence-electron chi connectivity index (χ2n) is 30.4. The van der Waals surface area contributed by atoms with E-state index in [9.17, 15) is 55.1 Å². The number of hydrogen-bond acceptors (Lipinski definition) is 13. The molecular weight excluding hydrogens is 1440 g/mol. The van der Waals surface area contributed by atoms with Crippen LogP contribution in [0.3, 0.4) is 0 Å². The molecule has 604 valence electrons. The maximum atomic E-state index is 15.7. The monoisotopic (exact) mass is 1550 g/mol. The Morgan fingerprint density at radius 3 is 1.83 bits per heavy atom. The van der Waals surface area contributed by atoms with Crippen molar-refractivity contribution in [3.05, 3.63) is 82.4 Å². The van der Waals surface area contributed by atoms with Crippen molar-refractivity contribution in [2.24, 2.45) is 17.8 Å². The standard InChI is InChI=1S/C76H106F8N12O13/c1-15-45(5)63-71(106)89(9)43-61(99)90(10)54-25-18-17-21-34-95(70(54)105)57(38-46-26-29-49(30-27-46)75(79,80)81)68(103)88(8)42-59(97)85-53(31-28-47-36-51(77)62(52(78)37-47)76(82,83)84)66(101)96-41-50(109-16-2)39-58(96)69(104)94(14)74(32-22-33-74)73(108)93(13)64(48-23-19-20-24-48)72(107)92(12)56(67(102)87(6)7)40-60(98)91(11)55(35-44(3)4)65(100)86-63/h17-18,26-27,29-30,36-37,44-45,48,50,53-58,63-64H,15-16,19-25,28,31-35,38-43H2,1-14H3,(H,85,97)(H,86,100)/b18-17-/t45-,50+,53+,54-,55-,56-,57-,58-,63-,64-/m0/s1. The molecule has 0 unspecified atom stereocenters. The fourth-order valence-electron chi connectivity index (χ4n) is 15.4. The molecule has 3 heterocycles. The largest absolute Gasteiger partial charge is 0.422 e. The number of rotatable bonds is 13. The highest BCUT2D eigenvalue weighted by Gasteiger charge is 2.57. The van der Waals surface area contributed by atoms with Gasteiger partial charge in [-0.1, -0.05) is 71.2 Å². The van der Waals surface area contributed by atoms with Gasteiger partial charge in [-0.25, -0.2) is 8.78 Å². The Labute approximate surface area is 631 Å². The van der Waals surface area contributed by atoms with E-state index in [1.54, 1.807) is 46.8 Å². The van der Waals surface area contributed by atoms with Crippen LogP contribution in [0.4, 0.5) is 35.1 Å². The Bertz CT molecular complexity index is 3680. The number of carbonyl (C=O) groups is 12. The minimum atomic E-state index is -5.46. The van der Waals surface area contributed by atoms with Gasteiger partial charge in [-0.15, -0.1) is 0 Å². The van der Waals surface area contributed by atoms with Crippen molar-refractivity contribution < 1.29 is 97.4 Å². The van der Waals surface area contributed by atoms with Crippen LogP contribution >= 0.6 is 0 Å². The first kappa shape index (κ1) is 87.4. The summed E-state index contributed by atoms with van der Waals surface area (Å²) in [6.07, 6.45) is -7.36. The number of carbonyl (C=O) groups excluding carboxylic acids is 12. The average molecular weight is 1550 g/mol. The number of aryl methyl sites for hydroxylation is 1. The molecule has 5 aliphatic rings. The third-order valence-corrected chi connectivity index (χ3v) is 22.3. The molecule has 109 heavy (non-hydrogen) atoms. The lowest BCUT2D eigenvalue weighted by atomic mass is 9.73. The first-order chi connectivity index (χ1) is 51.0. The molecule has 2 saturated heterocycles. The van der Waals surface area contributed by atoms with Gasteiger partial charge in [-0.3, -0.25) is 57.5 Å². The highest BCUT2D eigenvalue weighted by atomic mass is 19.4. The van der Waals surface area contributed by atoms with Crippen LogP contribution in [0.15, 0.2) is 48.6 Å². The lowest BCUT2D eigenvalue weighted by molar-refractivity contribution is -0.166. The molecule has 10 atom stereocenters. The first-order valence-corrected chi connectivity index (χ1v) is 37.2. The van der Waals surface area contributed by atoms with Crippen LogP contribution in [0.1, 0.15) is 147 Å². The smallest absolute Gasteiger partial charge is 0.377 e. The Kier molecular flexibility index (Phi) is 29.5. The van der Waals surface area contributed by atoms with Gasteiger partial charge >= 0.3 is 12.4 Å². The van der Waals surface area contributed by atoms with E-state index in [0.29, 0.717) is 50.7 Å². The van der Waals surface area contributed by atoms with Crippen molar-refractivity contribution in [2.45, 2.75) is 210 Å². The zero-order valence-electron chi connectivity index (χ0n) is 64.7. The number of amides is 12. The second kappa shape index (κ2) is 36.8. The van der Waals surface area contributed by atoms with E-state index in [-0.39, 0.29) is 69.7 Å². The highest BCUT2D eigenvalue weighted by molar-refractivity contribution is 6.01. The zero-order valence-corrected chi connectivity index (χ0v) is 64.7. The molecule has 0 aromatic heterocycles. The van der Waals surface area contributed by atoms with Gasteiger partial charge in [-0.2, -0.15) is 26.3 Å². The summed E-state index contributed by atoms with van der Waals surface area (Å²) in [5, 5.41) is 5.39. The van der Waals surface area contributed by atoms with Crippen LogP contribution in [0, 0.1) is 29.4 Å². The number of likely N-dealkylation sites (N-methyl/N-ethyl adjacent to an activating group) is 8. The van der Waals surface area contributed by atoms with E-state index in [0.717, 1.165) is 65.6 Å². The summed E-state index contributed by atoms with van der Waals surface area (Å²) in [5.74, 6) is -15.2. The van der Waals surface area contributed by atoms with Crippen molar-refractivity contribution in [1.82, 2.24) is 59.6 Å². The number of nitrogens with one attached hydrogen (secondary N) is 2. The maximum absolute atomic E-state index is 15.7. The minimum Gasteiger partial charge on any atom is -0.377 e. The summed E-state index contributed by atoms with van der Waals surface area (Å²) >= 11 is 0. The molecule has 2 aliphatic carbocycles. The van der Waals surface area contributed by atoms with Gasteiger partial charge < -0.3 is 64.4 Å². The lowest BCUT2D eigenvalue weighted by Gasteiger charge is -2.51. The van der Waals surface area contributed by atoms with Gasteiger partial charge in [-0.05, 0) is 124 Å². The predicted molar refractivity (Wildman–Crippen MR) is 383 cm³/mol. The molecule has 12 amide bonds. The van der Waals surface area contributed by atoms with Gasteiger partial charge in [0.05, 0.1) is 31.2 Å². The van der Waals surface area contributed by atoms with E-state index in [4.69, 9.17) is 4.74 Å². The lowest BCUT2D eigenvalue weighted by Crippen LogP contribution is -2.68. The molecule has 25 nitrogen and oxygen atoms in total. The predicted octanol–water partition coefficient (Wildman–Crippen LogP) is 6.08. The van der Waals surface area contributed by atoms with Crippen molar-refractivity contribution in [2.75, 3.05) is 96.2 Å². The molecule has 33 heteroatoms. The molecule has 2 bridgehead atoms. The van der Waals surface area contributed by atoms with Crippen LogP contribution in [-0.2, 0) is 87.5 Å². The molecule has 2 aromatic rings. The molecular formula is C76H106F8N12O13. The molecule has 0 radical (unpaired) electrons. The van der Waals surface area contributed by atoms with Crippen molar-refractivity contribution in [3.63, 3.8) is 0 Å². The topological polar surface area (TPSA) is 271 Å². The van der Waals surface area contributed by atoms with E-state index < -0.39 is 222 Å². The number of ether oxygens (including phenoxy) is 1. The number of fused-ring (bicyclic) bond motifs is 3. The highest BCUT2D eigenvalue weighted by Crippen LogP contribution is 2.43. The van der Waals surface area contributed by atoms with Gasteiger partial charge in [0.2, 0.25) is 70.9 Å². The Morgan fingerprint density at radius 2 is 1.28 bits per heavy atom. The van der Waals surface area contributed by atoms with Crippen molar-refractivity contribution >= 4 is 70.9 Å². The quantitative estimate of drug-likeness (QED) is 0.170. The van der Waals surface area contributed by atoms with Crippen LogP contribution in [0.2, 0.25) is 0 Å². The first-order valence-electron chi connectivity index (χ1n) is 37.2. The summed E-state index contributed by atoms with van der Waals surface area (Å²) in [5.41, 5.74) is -5.20. The Morgan fingerprint density at radius 1 is 0.661 bits per heavy atom. The second-order valence-corrected chi connectivity index (χ2v) is 30.4. The molecule has 2 saturated carbocycles. The number of nitrogens with zero attached hydrogens (tertiary/aromatic N) is 10. The molecule has 4 fully saturated rings. The van der Waals surface area contributed by atoms with E-state index in [1.807, 2.05) is 0 Å². The molecule has 7 rings (SSSR count). The molecule has 1 spiro atoms. The Hall–Kier alpha value is -8.78. The summed E-state index contributed by atoms with van der Waals surface area (Å²) < 4.78 is 120. The van der Waals surface area contributed by atoms with Crippen LogP contribution in [0.25, 0.3) is 0 Å². The molecule has 3 aliphatic heterocycles. The van der Waals surface area contributed by atoms with Gasteiger partial charge in [0.15, 0.2) is 0 Å². The molecule has 2 N–H and O–H groups in total. The average Bonchev–Trinajstić information content (AvgIpc) is 1.69. The molecule has 2 aromatic carbocycles. The number of alkyl halides is 6. The number of halogens is 8. The van der Waals surface area contributed by atoms with Crippen LogP contribution in [0.5, 0.6) is 0 Å². The fraction of sp³-hybridized carbons (Fsp3) is 0.658. The van der Waals surface area contributed by atoms with Crippen LogP contribution in [-0.4, -0.2) is 276 Å². The summed E-state index contributed by atoms with van der Waals surface area (Å²) in [7, 11) is 12.1.